The molecule has 0 saturated carbocycles. The highest BCUT2D eigenvalue weighted by Crippen LogP contribution is 2.42. The van der Waals surface area contributed by atoms with Crippen molar-refractivity contribution in [2.45, 2.75) is 56.7 Å². The van der Waals surface area contributed by atoms with E-state index in [0.717, 1.165) is 19.2 Å². The molecule has 0 bridgehead atoms. The van der Waals surface area contributed by atoms with E-state index in [1.165, 1.54) is 27.7 Å². The van der Waals surface area contributed by atoms with Crippen LogP contribution < -0.4 is 10.1 Å². The molecule has 1 amide bonds. The third-order valence-electron chi connectivity index (χ3n) is 6.75. The lowest BCUT2D eigenvalue weighted by molar-refractivity contribution is -0.138. The predicted molar refractivity (Wildman–Crippen MR) is 117 cm³/mol. The number of benzene rings is 1. The number of carbonyl (C=O) groups is 2. The summed E-state index contributed by atoms with van der Waals surface area (Å²) in [7, 11) is 1.11. The van der Waals surface area contributed by atoms with E-state index in [0.29, 0.717) is 18.5 Å². The van der Waals surface area contributed by atoms with E-state index >= 15 is 0 Å². The minimum absolute atomic E-state index is 0.141. The van der Waals surface area contributed by atoms with Gasteiger partial charge in [-0.3, -0.25) is 14.9 Å². The van der Waals surface area contributed by atoms with E-state index < -0.39 is 52.1 Å². The second kappa shape index (κ2) is 8.53. The molecule has 1 N–H and O–H groups in total. The number of likely N-dealkylation sites (tertiary alicyclic amines) is 1. The molecule has 1 spiro atoms. The van der Waals surface area contributed by atoms with Gasteiger partial charge in [-0.2, -0.15) is 26.3 Å². The second-order valence-electron chi connectivity index (χ2n) is 9.81. The molecule has 2 aliphatic rings. The number of nitrogens with one attached hydrogen (secondary N) is 1. The number of carbonyl (C=O) groups excluding carboxylic acids is 2. The molecular weight excluding hydrogens is 492 g/mol. The Labute approximate surface area is 203 Å². The van der Waals surface area contributed by atoms with E-state index in [1.54, 1.807) is 0 Å². The standard InChI is InChI=1S/C24H25F6N3O3/c1-21(2)13-33-16(19(34)24(28,29)30)5-7-18(33)22(31-21)8-10-32(11-9-22)20(35)14-4-6-17(36-3)15(12-14)23(25,26)27/h4-7,12,31H,8-11,13H2,1-3H3. The Kier molecular flexibility index (Phi) is 6.17. The molecule has 0 radical (unpaired) electrons. The maximum atomic E-state index is 13.4. The zero-order valence-electron chi connectivity index (χ0n) is 19.8. The van der Waals surface area contributed by atoms with Gasteiger partial charge in [0, 0.05) is 36.4 Å². The van der Waals surface area contributed by atoms with Crippen LogP contribution in [0.3, 0.4) is 0 Å². The summed E-state index contributed by atoms with van der Waals surface area (Å²) in [6.07, 6.45) is -9.12. The van der Waals surface area contributed by atoms with E-state index in [4.69, 9.17) is 4.74 Å². The SMILES string of the molecule is COc1ccc(C(=O)N2CCC3(CC2)NC(C)(C)Cn2c(C(=O)C(F)(F)F)ccc23)cc1C(F)(F)F. The van der Waals surface area contributed by atoms with Gasteiger partial charge in [0.1, 0.15) is 5.75 Å². The number of aromatic nitrogens is 1. The highest BCUT2D eigenvalue weighted by molar-refractivity contribution is 5.99. The number of methoxy groups -OCH3 is 1. The number of hydrogen-bond donors (Lipinski definition) is 1. The first kappa shape index (κ1) is 26.1. The molecule has 196 valence electrons. The number of ketones is 1. The number of ether oxygens (including phenoxy) is 1. The summed E-state index contributed by atoms with van der Waals surface area (Å²) < 4.78 is 85.8. The summed E-state index contributed by atoms with van der Waals surface area (Å²) in [4.78, 5) is 26.5. The molecule has 0 unspecified atom stereocenters. The lowest BCUT2D eigenvalue weighted by Gasteiger charge is -2.51. The second-order valence-corrected chi connectivity index (χ2v) is 9.81. The molecule has 0 atom stereocenters. The van der Waals surface area contributed by atoms with E-state index in [9.17, 15) is 35.9 Å². The van der Waals surface area contributed by atoms with E-state index in [2.05, 4.69) is 5.32 Å². The van der Waals surface area contributed by atoms with Gasteiger partial charge in [-0.05, 0) is 57.0 Å². The smallest absolute Gasteiger partial charge is 0.456 e. The molecule has 0 aliphatic carbocycles. The first-order valence-electron chi connectivity index (χ1n) is 11.2. The van der Waals surface area contributed by atoms with Crippen LogP contribution in [0.4, 0.5) is 26.3 Å². The van der Waals surface area contributed by atoms with Crippen molar-refractivity contribution in [3.63, 3.8) is 0 Å². The van der Waals surface area contributed by atoms with Gasteiger partial charge >= 0.3 is 12.4 Å². The van der Waals surface area contributed by atoms with Crippen molar-refractivity contribution in [1.29, 1.82) is 0 Å². The summed E-state index contributed by atoms with van der Waals surface area (Å²) >= 11 is 0. The molecule has 1 aromatic heterocycles. The topological polar surface area (TPSA) is 63.6 Å². The summed E-state index contributed by atoms with van der Waals surface area (Å²) in [6.45, 7) is 4.08. The molecule has 6 nitrogen and oxygen atoms in total. The molecule has 12 heteroatoms. The molecule has 36 heavy (non-hydrogen) atoms. The van der Waals surface area contributed by atoms with Crippen LogP contribution in [0.1, 0.15) is 58.8 Å². The molecule has 4 rings (SSSR count). The number of amides is 1. The minimum Gasteiger partial charge on any atom is -0.496 e. The Balaban J connectivity index is 1.60. The summed E-state index contributed by atoms with van der Waals surface area (Å²) in [5, 5.41) is 3.48. The van der Waals surface area contributed by atoms with Crippen LogP contribution in [0.15, 0.2) is 30.3 Å². The maximum Gasteiger partial charge on any atom is 0.456 e. The molecule has 1 saturated heterocycles. The Morgan fingerprint density at radius 2 is 1.64 bits per heavy atom. The van der Waals surface area contributed by atoms with Crippen LogP contribution in [-0.4, -0.2) is 53.1 Å². The summed E-state index contributed by atoms with van der Waals surface area (Å²) in [5.41, 5.74) is -2.58. The van der Waals surface area contributed by atoms with Crippen molar-refractivity contribution in [3.8, 4) is 5.75 Å². The molecule has 2 aromatic rings. The lowest BCUT2D eigenvalue weighted by Crippen LogP contribution is -2.63. The predicted octanol–water partition coefficient (Wildman–Crippen LogP) is 4.77. The van der Waals surface area contributed by atoms with Gasteiger partial charge in [-0.25, -0.2) is 0 Å². The third-order valence-corrected chi connectivity index (χ3v) is 6.75. The Morgan fingerprint density at radius 3 is 2.19 bits per heavy atom. The van der Waals surface area contributed by atoms with Crippen LogP contribution >= 0.6 is 0 Å². The van der Waals surface area contributed by atoms with Gasteiger partial charge < -0.3 is 14.2 Å². The summed E-state index contributed by atoms with van der Waals surface area (Å²) in [5.74, 6) is -2.90. The van der Waals surface area contributed by atoms with Crippen LogP contribution in [0, 0.1) is 0 Å². The van der Waals surface area contributed by atoms with Gasteiger partial charge in [0.15, 0.2) is 0 Å². The first-order chi connectivity index (χ1) is 16.6. The zero-order chi connectivity index (χ0) is 26.7. The monoisotopic (exact) mass is 517 g/mol. The van der Waals surface area contributed by atoms with Crippen molar-refractivity contribution < 1.29 is 40.7 Å². The average molecular weight is 517 g/mol. The highest BCUT2D eigenvalue weighted by atomic mass is 19.4. The quantitative estimate of drug-likeness (QED) is 0.471. The van der Waals surface area contributed by atoms with Crippen molar-refractivity contribution in [2.75, 3.05) is 20.2 Å². The fourth-order valence-electron chi connectivity index (χ4n) is 5.26. The molecule has 1 fully saturated rings. The average Bonchev–Trinajstić information content (AvgIpc) is 3.20. The van der Waals surface area contributed by atoms with Crippen molar-refractivity contribution in [3.05, 3.63) is 52.8 Å². The summed E-state index contributed by atoms with van der Waals surface area (Å²) in [6, 6.07) is 5.79. The number of alkyl halides is 6. The molecular formula is C24H25F6N3O3. The van der Waals surface area contributed by atoms with Crippen LogP contribution in [-0.2, 0) is 18.3 Å². The Hall–Kier alpha value is -3.02. The zero-order valence-corrected chi connectivity index (χ0v) is 19.8. The highest BCUT2D eigenvalue weighted by Gasteiger charge is 2.49. The Bertz CT molecular complexity index is 1190. The van der Waals surface area contributed by atoms with Crippen LogP contribution in [0.5, 0.6) is 5.75 Å². The number of Topliss-reactive ketones (excluding diaryl/α,β-unsaturated/α-hetero) is 1. The van der Waals surface area contributed by atoms with Crippen molar-refractivity contribution >= 4 is 11.7 Å². The minimum atomic E-state index is -5.01. The van der Waals surface area contributed by atoms with Gasteiger partial charge in [-0.15, -0.1) is 0 Å². The Morgan fingerprint density at radius 1 is 1.00 bits per heavy atom. The van der Waals surface area contributed by atoms with Gasteiger partial charge in [-0.1, -0.05) is 0 Å². The van der Waals surface area contributed by atoms with Gasteiger partial charge in [0.2, 0.25) is 0 Å². The fraction of sp³-hybridized carbons (Fsp3) is 0.500. The molecule has 2 aliphatic heterocycles. The molecule has 3 heterocycles. The van der Waals surface area contributed by atoms with Crippen LogP contribution in [0.25, 0.3) is 0 Å². The normalized spacial score (nSPS) is 19.2. The van der Waals surface area contributed by atoms with E-state index in [-0.39, 0.29) is 25.2 Å². The molecule has 1 aromatic carbocycles. The number of rotatable bonds is 3. The number of halogens is 6. The van der Waals surface area contributed by atoms with E-state index in [1.807, 2.05) is 13.8 Å². The number of nitrogens with zero attached hydrogens (tertiary/aromatic N) is 2. The first-order valence-corrected chi connectivity index (χ1v) is 11.2. The number of fused-ring (bicyclic) bond motifs is 2. The van der Waals surface area contributed by atoms with Gasteiger partial charge in [0.25, 0.3) is 11.7 Å². The third kappa shape index (κ3) is 4.58. The lowest BCUT2D eigenvalue weighted by atomic mass is 9.79. The fourth-order valence-corrected chi connectivity index (χ4v) is 5.26. The van der Waals surface area contributed by atoms with Crippen molar-refractivity contribution in [2.24, 2.45) is 0 Å². The van der Waals surface area contributed by atoms with Crippen LogP contribution in [0.2, 0.25) is 0 Å². The van der Waals surface area contributed by atoms with Gasteiger partial charge in [0.05, 0.1) is 23.9 Å². The number of hydrogen-bond acceptors (Lipinski definition) is 4. The largest absolute Gasteiger partial charge is 0.496 e. The number of piperidine rings is 1. The van der Waals surface area contributed by atoms with Crippen molar-refractivity contribution in [1.82, 2.24) is 14.8 Å². The maximum absolute atomic E-state index is 13.4.